The number of ether oxygens (including phenoxy) is 1. The average Bonchev–Trinajstić information content (AvgIpc) is 3.25. The Hall–Kier alpha value is -3.20. The summed E-state index contributed by atoms with van der Waals surface area (Å²) in [5, 5.41) is 4.97. The Morgan fingerprint density at radius 3 is 2.54 bits per heavy atom. The molecule has 2 heterocycles. The Labute approximate surface area is 165 Å². The van der Waals surface area contributed by atoms with Gasteiger partial charge in [0.15, 0.2) is 0 Å². The van der Waals surface area contributed by atoms with Crippen molar-refractivity contribution in [3.05, 3.63) is 95.7 Å². The molecule has 140 valence electrons. The number of rotatable bonds is 4. The number of anilines is 1. The van der Waals surface area contributed by atoms with E-state index in [0.717, 1.165) is 11.3 Å². The van der Waals surface area contributed by atoms with Crippen LogP contribution in [0.1, 0.15) is 36.6 Å². The first-order valence-electron chi connectivity index (χ1n) is 9.77. The van der Waals surface area contributed by atoms with Gasteiger partial charge in [0.05, 0.1) is 6.04 Å². The zero-order chi connectivity index (χ0) is 19.1. The summed E-state index contributed by atoms with van der Waals surface area (Å²) in [5.74, 6) is 0.881. The van der Waals surface area contributed by atoms with Crippen molar-refractivity contribution in [2.75, 3.05) is 5.32 Å². The number of aromatic nitrogens is 1. The van der Waals surface area contributed by atoms with Gasteiger partial charge in [0.25, 0.3) is 0 Å². The van der Waals surface area contributed by atoms with E-state index in [1.165, 1.54) is 27.8 Å². The van der Waals surface area contributed by atoms with E-state index in [1.807, 2.05) is 18.2 Å². The molecule has 0 spiro atoms. The molecule has 4 aromatic rings. The van der Waals surface area contributed by atoms with Crippen LogP contribution in [0.15, 0.2) is 79.0 Å². The van der Waals surface area contributed by atoms with Crippen LogP contribution in [0.3, 0.4) is 0 Å². The zero-order valence-electron chi connectivity index (χ0n) is 16.2. The first-order valence-corrected chi connectivity index (χ1v) is 9.77. The largest absolute Gasteiger partial charge is 0.489 e. The maximum absolute atomic E-state index is 5.99. The number of aromatic amines is 1. The smallest absolute Gasteiger partial charge is 0.121 e. The number of benzene rings is 3. The second-order valence-electron chi connectivity index (χ2n) is 8.07. The third-order valence-corrected chi connectivity index (χ3v) is 5.89. The molecule has 0 fully saturated rings. The molecule has 3 aromatic carbocycles. The molecule has 1 aliphatic heterocycles. The highest BCUT2D eigenvalue weighted by molar-refractivity contribution is 5.86. The molecular formula is C25H24N2O. The molecule has 1 aromatic heterocycles. The van der Waals surface area contributed by atoms with Gasteiger partial charge < -0.3 is 15.0 Å². The van der Waals surface area contributed by atoms with Gasteiger partial charge in [0, 0.05) is 39.8 Å². The molecule has 3 heteroatoms. The van der Waals surface area contributed by atoms with Gasteiger partial charge in [-0.25, -0.2) is 0 Å². The van der Waals surface area contributed by atoms with E-state index in [2.05, 4.69) is 84.9 Å². The second-order valence-corrected chi connectivity index (χ2v) is 8.07. The van der Waals surface area contributed by atoms with Crippen LogP contribution in [0.25, 0.3) is 10.9 Å². The molecule has 0 aliphatic carbocycles. The van der Waals surface area contributed by atoms with Gasteiger partial charge in [-0.3, -0.25) is 0 Å². The van der Waals surface area contributed by atoms with Crippen molar-refractivity contribution in [3.63, 3.8) is 0 Å². The van der Waals surface area contributed by atoms with Crippen LogP contribution >= 0.6 is 0 Å². The van der Waals surface area contributed by atoms with Gasteiger partial charge >= 0.3 is 0 Å². The van der Waals surface area contributed by atoms with Crippen molar-refractivity contribution in [2.24, 2.45) is 0 Å². The predicted molar refractivity (Wildman–Crippen MR) is 115 cm³/mol. The summed E-state index contributed by atoms with van der Waals surface area (Å²) < 4.78 is 5.99. The molecule has 0 amide bonds. The summed E-state index contributed by atoms with van der Waals surface area (Å²) in [4.78, 5) is 3.45. The third kappa shape index (κ3) is 2.75. The van der Waals surface area contributed by atoms with Crippen molar-refractivity contribution in [2.45, 2.75) is 31.9 Å². The van der Waals surface area contributed by atoms with E-state index < -0.39 is 0 Å². The Balaban J connectivity index is 1.43. The van der Waals surface area contributed by atoms with Crippen LogP contribution in [0, 0.1) is 0 Å². The van der Waals surface area contributed by atoms with Crippen molar-refractivity contribution >= 4 is 16.6 Å². The van der Waals surface area contributed by atoms with Gasteiger partial charge in [-0.15, -0.1) is 0 Å². The molecule has 1 aliphatic rings. The highest BCUT2D eigenvalue weighted by atomic mass is 16.5. The summed E-state index contributed by atoms with van der Waals surface area (Å²) in [6, 6.07) is 25.4. The number of fused-ring (bicyclic) bond motifs is 2. The quantitative estimate of drug-likeness (QED) is 0.450. The van der Waals surface area contributed by atoms with Crippen LogP contribution in [0.4, 0.5) is 5.69 Å². The van der Waals surface area contributed by atoms with E-state index in [0.29, 0.717) is 6.61 Å². The Morgan fingerprint density at radius 2 is 1.71 bits per heavy atom. The van der Waals surface area contributed by atoms with E-state index in [-0.39, 0.29) is 11.5 Å². The predicted octanol–water partition coefficient (Wildman–Crippen LogP) is 6.19. The number of H-pyrrole nitrogens is 1. The summed E-state index contributed by atoms with van der Waals surface area (Å²) >= 11 is 0. The zero-order valence-corrected chi connectivity index (χ0v) is 16.2. The standard InChI is InChI=1S/C25H24N2O/c1-25(2)21-10-6-7-11-22(21)27-24(25)20-15-26-23-14-18(12-13-19(20)23)28-16-17-8-4-3-5-9-17/h3-15,24,26-27H,16H2,1-2H3. The molecule has 0 saturated heterocycles. The van der Waals surface area contributed by atoms with Crippen molar-refractivity contribution in [1.82, 2.24) is 4.98 Å². The minimum absolute atomic E-state index is 0.0220. The summed E-state index contributed by atoms with van der Waals surface area (Å²) in [7, 11) is 0. The van der Waals surface area contributed by atoms with Crippen molar-refractivity contribution in [3.8, 4) is 5.75 Å². The molecular weight excluding hydrogens is 344 g/mol. The molecule has 0 radical (unpaired) electrons. The fourth-order valence-electron chi connectivity index (χ4n) is 4.33. The maximum Gasteiger partial charge on any atom is 0.121 e. The Morgan fingerprint density at radius 1 is 0.929 bits per heavy atom. The van der Waals surface area contributed by atoms with Gasteiger partial charge in [0.2, 0.25) is 0 Å². The van der Waals surface area contributed by atoms with E-state index in [1.54, 1.807) is 0 Å². The summed E-state index contributed by atoms with van der Waals surface area (Å²) in [5.41, 5.74) is 6.20. The molecule has 2 N–H and O–H groups in total. The molecule has 0 bridgehead atoms. The Bertz CT molecular complexity index is 1130. The topological polar surface area (TPSA) is 37.0 Å². The van der Waals surface area contributed by atoms with Crippen LogP contribution < -0.4 is 10.1 Å². The molecule has 1 unspecified atom stereocenters. The average molecular weight is 368 g/mol. The number of para-hydroxylation sites is 1. The SMILES string of the molecule is CC1(C)c2ccccc2NC1c1c[nH]c2cc(OCc3ccccc3)ccc12. The van der Waals surface area contributed by atoms with Gasteiger partial charge in [0.1, 0.15) is 12.4 Å². The normalized spacial score (nSPS) is 17.3. The lowest BCUT2D eigenvalue weighted by atomic mass is 9.78. The van der Waals surface area contributed by atoms with Crippen molar-refractivity contribution < 1.29 is 4.74 Å². The van der Waals surface area contributed by atoms with Crippen LogP contribution in [-0.4, -0.2) is 4.98 Å². The van der Waals surface area contributed by atoms with E-state index in [4.69, 9.17) is 4.74 Å². The first-order chi connectivity index (χ1) is 13.6. The molecule has 0 saturated carbocycles. The lowest BCUT2D eigenvalue weighted by Crippen LogP contribution is -2.25. The monoisotopic (exact) mass is 368 g/mol. The van der Waals surface area contributed by atoms with E-state index >= 15 is 0 Å². The first kappa shape index (κ1) is 16.9. The highest BCUT2D eigenvalue weighted by Crippen LogP contribution is 2.49. The minimum Gasteiger partial charge on any atom is -0.489 e. The van der Waals surface area contributed by atoms with Crippen molar-refractivity contribution in [1.29, 1.82) is 0 Å². The molecule has 5 rings (SSSR count). The van der Waals surface area contributed by atoms with E-state index in [9.17, 15) is 0 Å². The van der Waals surface area contributed by atoms with Crippen LogP contribution in [0.2, 0.25) is 0 Å². The summed E-state index contributed by atoms with van der Waals surface area (Å²) in [6.07, 6.45) is 2.14. The number of nitrogens with one attached hydrogen (secondary N) is 2. The lowest BCUT2D eigenvalue weighted by molar-refractivity contribution is 0.306. The maximum atomic E-state index is 5.99. The fraction of sp³-hybridized carbons (Fsp3) is 0.200. The number of hydrogen-bond acceptors (Lipinski definition) is 2. The molecule has 3 nitrogen and oxygen atoms in total. The highest BCUT2D eigenvalue weighted by Gasteiger charge is 2.40. The van der Waals surface area contributed by atoms with Gasteiger partial charge in [-0.05, 0) is 29.3 Å². The minimum atomic E-state index is 0.0220. The summed E-state index contributed by atoms with van der Waals surface area (Å²) in [6.45, 7) is 5.20. The molecule has 28 heavy (non-hydrogen) atoms. The van der Waals surface area contributed by atoms with Gasteiger partial charge in [-0.2, -0.15) is 0 Å². The van der Waals surface area contributed by atoms with Crippen LogP contribution in [-0.2, 0) is 12.0 Å². The fourth-order valence-corrected chi connectivity index (χ4v) is 4.33. The Kier molecular flexibility index (Phi) is 3.90. The third-order valence-electron chi connectivity index (χ3n) is 5.89. The van der Waals surface area contributed by atoms with Gasteiger partial charge in [-0.1, -0.05) is 62.4 Å². The molecule has 1 atom stereocenters. The second kappa shape index (κ2) is 6.45. The lowest BCUT2D eigenvalue weighted by Gasteiger charge is -2.27. The van der Waals surface area contributed by atoms with Crippen LogP contribution in [0.5, 0.6) is 5.75 Å². The number of hydrogen-bond donors (Lipinski definition) is 2.